The third-order valence-electron chi connectivity index (χ3n) is 6.97. The number of carbonyl (C=O) groups is 5. The number of hydrogen-bond acceptors (Lipinski definition) is 9. The lowest BCUT2D eigenvalue weighted by atomic mass is 10.2. The van der Waals surface area contributed by atoms with Crippen molar-refractivity contribution in [2.45, 2.75) is 32.2 Å². The van der Waals surface area contributed by atoms with E-state index < -0.39 is 48.2 Å². The van der Waals surface area contributed by atoms with E-state index in [2.05, 4.69) is 10.6 Å². The van der Waals surface area contributed by atoms with E-state index in [-0.39, 0.29) is 74.0 Å². The fourth-order valence-corrected chi connectivity index (χ4v) is 4.84. The van der Waals surface area contributed by atoms with Crippen molar-refractivity contribution in [1.29, 1.82) is 0 Å². The second kappa shape index (κ2) is 12.6. The van der Waals surface area contributed by atoms with Crippen LogP contribution in [0.2, 0.25) is 0 Å². The van der Waals surface area contributed by atoms with Gasteiger partial charge >= 0.3 is 18.3 Å². The van der Waals surface area contributed by atoms with Gasteiger partial charge in [0.1, 0.15) is 24.6 Å². The van der Waals surface area contributed by atoms with Gasteiger partial charge in [0.05, 0.1) is 49.8 Å². The predicted octanol–water partition coefficient (Wildman–Crippen LogP) is 2.29. The Morgan fingerprint density at radius 1 is 0.750 bits per heavy atom. The molecule has 0 unspecified atom stereocenters. The van der Waals surface area contributed by atoms with Crippen molar-refractivity contribution in [3.8, 4) is 5.75 Å². The number of anilines is 3. The van der Waals surface area contributed by atoms with Crippen molar-refractivity contribution in [2.75, 3.05) is 54.0 Å². The Kier molecular flexibility index (Phi) is 8.69. The number of benzene rings is 2. The van der Waals surface area contributed by atoms with Crippen LogP contribution in [0.5, 0.6) is 5.75 Å². The summed E-state index contributed by atoms with van der Waals surface area (Å²) >= 11 is 0. The molecule has 5 amide bonds. The molecule has 3 aliphatic heterocycles. The number of cyclic esters (lactones) is 3. The standard InChI is InChI=1S/C28H29F2N5O9/c1-15(36)31-9-19-11-33(26(38)42-19)17-3-5-24(22(29)7-17)35-13-21(44-28(35)40)14-41-25-6-4-18(8-23(25)30)34-12-20(43-27(34)39)10-32-16(2)37/h3-8,19-21H,9-14H2,1-2H3,(H,31,36)(H,32,37)/t19-,20-,21-/m0/s1. The number of rotatable bonds is 10. The summed E-state index contributed by atoms with van der Waals surface area (Å²) in [6.07, 6.45) is -4.26. The lowest BCUT2D eigenvalue weighted by Gasteiger charge is -2.18. The molecule has 2 aromatic carbocycles. The van der Waals surface area contributed by atoms with Gasteiger partial charge in [-0.25, -0.2) is 23.2 Å². The first-order valence-electron chi connectivity index (χ1n) is 13.6. The number of carbonyl (C=O) groups excluding carboxylic acids is 5. The monoisotopic (exact) mass is 617 g/mol. The van der Waals surface area contributed by atoms with Gasteiger partial charge in [0.25, 0.3) is 0 Å². The van der Waals surface area contributed by atoms with Crippen LogP contribution in [0, 0.1) is 11.6 Å². The van der Waals surface area contributed by atoms with E-state index in [9.17, 15) is 28.4 Å². The average Bonchev–Trinajstić information content (AvgIpc) is 3.65. The Bertz CT molecular complexity index is 1490. The molecule has 0 aliphatic carbocycles. The molecule has 0 bridgehead atoms. The zero-order valence-corrected chi connectivity index (χ0v) is 23.7. The summed E-state index contributed by atoms with van der Waals surface area (Å²) in [6.45, 7) is 2.80. The maximum atomic E-state index is 15.1. The Labute approximate surface area is 249 Å². The summed E-state index contributed by atoms with van der Waals surface area (Å²) in [5.74, 6) is -2.27. The molecule has 0 spiro atoms. The molecular weight excluding hydrogens is 588 g/mol. The van der Waals surface area contributed by atoms with Crippen molar-refractivity contribution in [3.05, 3.63) is 48.0 Å². The van der Waals surface area contributed by atoms with E-state index in [0.717, 1.165) is 17.0 Å². The highest BCUT2D eigenvalue weighted by Gasteiger charge is 2.37. The van der Waals surface area contributed by atoms with E-state index >= 15 is 4.39 Å². The molecule has 44 heavy (non-hydrogen) atoms. The van der Waals surface area contributed by atoms with Crippen molar-refractivity contribution in [1.82, 2.24) is 10.6 Å². The molecule has 0 radical (unpaired) electrons. The quantitative estimate of drug-likeness (QED) is 0.382. The van der Waals surface area contributed by atoms with Gasteiger partial charge in [-0.1, -0.05) is 0 Å². The number of halogens is 2. The van der Waals surface area contributed by atoms with Crippen LogP contribution in [-0.4, -0.2) is 87.7 Å². The van der Waals surface area contributed by atoms with Gasteiger partial charge < -0.3 is 29.6 Å². The molecule has 2 aromatic rings. The van der Waals surface area contributed by atoms with Gasteiger partial charge in [0, 0.05) is 19.9 Å². The van der Waals surface area contributed by atoms with E-state index in [1.807, 2.05) is 0 Å². The molecule has 3 aliphatic rings. The van der Waals surface area contributed by atoms with Crippen molar-refractivity contribution in [2.24, 2.45) is 0 Å². The topological polar surface area (TPSA) is 156 Å². The molecule has 234 valence electrons. The summed E-state index contributed by atoms with van der Waals surface area (Å²) in [5, 5.41) is 5.12. The maximum Gasteiger partial charge on any atom is 0.414 e. The molecule has 2 N–H and O–H groups in total. The fraction of sp³-hybridized carbons (Fsp3) is 0.393. The zero-order valence-electron chi connectivity index (χ0n) is 23.7. The first-order chi connectivity index (χ1) is 21.0. The predicted molar refractivity (Wildman–Crippen MR) is 149 cm³/mol. The minimum atomic E-state index is -0.855. The van der Waals surface area contributed by atoms with Gasteiger partial charge in [-0.15, -0.1) is 0 Å². The Morgan fingerprint density at radius 3 is 1.75 bits per heavy atom. The molecule has 14 nitrogen and oxygen atoms in total. The molecule has 3 saturated heterocycles. The van der Waals surface area contributed by atoms with E-state index in [1.165, 1.54) is 47.9 Å². The molecular formula is C28H29F2N5O9. The lowest BCUT2D eigenvalue weighted by molar-refractivity contribution is -0.120. The normalized spacial score (nSPS) is 21.2. The molecule has 0 saturated carbocycles. The minimum Gasteiger partial charge on any atom is -0.487 e. The third-order valence-corrected chi connectivity index (χ3v) is 6.97. The fourth-order valence-electron chi connectivity index (χ4n) is 4.84. The highest BCUT2D eigenvalue weighted by Crippen LogP contribution is 2.31. The number of nitrogens with zero attached hydrogens (tertiary/aromatic N) is 3. The van der Waals surface area contributed by atoms with Gasteiger partial charge in [-0.3, -0.25) is 24.3 Å². The molecule has 0 aromatic heterocycles. The average molecular weight is 618 g/mol. The zero-order chi connectivity index (χ0) is 31.5. The first-order valence-corrected chi connectivity index (χ1v) is 13.6. The minimum absolute atomic E-state index is 0.0886. The maximum absolute atomic E-state index is 15.1. The van der Waals surface area contributed by atoms with Crippen molar-refractivity contribution < 1.29 is 51.7 Å². The molecule has 3 heterocycles. The Hall–Kier alpha value is -5.15. The number of nitrogens with one attached hydrogen (secondary N) is 2. The van der Waals surface area contributed by atoms with Gasteiger partial charge in [-0.05, 0) is 30.3 Å². The Morgan fingerprint density at radius 2 is 1.23 bits per heavy atom. The van der Waals surface area contributed by atoms with Crippen molar-refractivity contribution >= 4 is 47.2 Å². The van der Waals surface area contributed by atoms with Gasteiger partial charge in [0.15, 0.2) is 17.7 Å². The second-order valence-corrected chi connectivity index (χ2v) is 10.3. The van der Waals surface area contributed by atoms with Crippen LogP contribution in [0.25, 0.3) is 0 Å². The van der Waals surface area contributed by atoms with E-state index in [1.54, 1.807) is 0 Å². The number of hydrogen-bond donors (Lipinski definition) is 2. The smallest absolute Gasteiger partial charge is 0.414 e. The van der Waals surface area contributed by atoms with Crippen LogP contribution in [0.4, 0.5) is 40.2 Å². The van der Waals surface area contributed by atoms with E-state index in [4.69, 9.17) is 18.9 Å². The highest BCUT2D eigenvalue weighted by molar-refractivity contribution is 5.93. The summed E-state index contributed by atoms with van der Waals surface area (Å²) in [6, 6.07) is 7.74. The van der Waals surface area contributed by atoms with Gasteiger partial charge in [0.2, 0.25) is 11.8 Å². The third kappa shape index (κ3) is 6.74. The summed E-state index contributed by atoms with van der Waals surface area (Å²) < 4.78 is 51.1. The van der Waals surface area contributed by atoms with Crippen LogP contribution in [-0.2, 0) is 23.8 Å². The van der Waals surface area contributed by atoms with Crippen LogP contribution >= 0.6 is 0 Å². The highest BCUT2D eigenvalue weighted by atomic mass is 19.1. The molecule has 3 atom stereocenters. The number of amides is 5. The Balaban J connectivity index is 1.16. The van der Waals surface area contributed by atoms with Crippen LogP contribution in [0.3, 0.4) is 0 Å². The summed E-state index contributed by atoms with van der Waals surface area (Å²) in [5.41, 5.74) is 0.347. The number of ether oxygens (including phenoxy) is 4. The lowest BCUT2D eigenvalue weighted by Crippen LogP contribution is -2.33. The molecule has 5 rings (SSSR count). The summed E-state index contributed by atoms with van der Waals surface area (Å²) in [4.78, 5) is 62.7. The van der Waals surface area contributed by atoms with Gasteiger partial charge in [-0.2, -0.15) is 0 Å². The van der Waals surface area contributed by atoms with Crippen molar-refractivity contribution in [3.63, 3.8) is 0 Å². The van der Waals surface area contributed by atoms with Crippen LogP contribution in [0.1, 0.15) is 13.8 Å². The SMILES string of the molecule is CC(=O)NC[C@H]1CN(c2ccc(OC[C@@H]3CN(c4ccc(N5C[C@H](CNC(C)=O)OC5=O)cc4F)C(=O)O3)c(F)c2)C(=O)O1. The molecule has 3 fully saturated rings. The summed E-state index contributed by atoms with van der Waals surface area (Å²) in [7, 11) is 0. The van der Waals surface area contributed by atoms with Crippen LogP contribution in [0.15, 0.2) is 36.4 Å². The second-order valence-electron chi connectivity index (χ2n) is 10.3. The molecule has 16 heteroatoms. The van der Waals surface area contributed by atoms with Crippen LogP contribution < -0.4 is 30.1 Å². The van der Waals surface area contributed by atoms with E-state index in [0.29, 0.717) is 0 Å². The largest absolute Gasteiger partial charge is 0.487 e. The first kappa shape index (κ1) is 30.3.